The highest BCUT2D eigenvalue weighted by Crippen LogP contribution is 2.28. The highest BCUT2D eigenvalue weighted by molar-refractivity contribution is 7.16. The molecule has 4 nitrogen and oxygen atoms in total. The molecule has 0 aliphatic heterocycles. The number of nitrogens with zero attached hydrogens (tertiary/aromatic N) is 3. The van der Waals surface area contributed by atoms with E-state index in [1.165, 1.54) is 0 Å². The van der Waals surface area contributed by atoms with Crippen molar-refractivity contribution in [1.29, 1.82) is 0 Å². The van der Waals surface area contributed by atoms with E-state index in [0.29, 0.717) is 11.0 Å². The number of imidazole rings is 1. The topological polar surface area (TPSA) is 56.7 Å². The van der Waals surface area contributed by atoms with Crippen LogP contribution in [0.15, 0.2) is 41.9 Å². The van der Waals surface area contributed by atoms with Crippen LogP contribution in [-0.2, 0) is 0 Å². The molecular weight excluding hydrogens is 292 g/mol. The maximum Gasteiger partial charge on any atom is 0.205 e. The molecule has 0 aliphatic rings. The van der Waals surface area contributed by atoms with Crippen LogP contribution in [0.5, 0.6) is 0 Å². The molecular formula is C14H9ClN4S. The zero-order valence-electron chi connectivity index (χ0n) is 10.2. The summed E-state index contributed by atoms with van der Waals surface area (Å²) < 4.78 is 3.04. The van der Waals surface area contributed by atoms with Crippen molar-refractivity contribution in [2.75, 3.05) is 5.73 Å². The lowest BCUT2D eigenvalue weighted by molar-refractivity contribution is 1.11. The van der Waals surface area contributed by atoms with Crippen LogP contribution in [0.25, 0.3) is 26.9 Å². The van der Waals surface area contributed by atoms with Crippen LogP contribution in [-0.4, -0.2) is 14.5 Å². The first kappa shape index (κ1) is 11.7. The standard InChI is InChI=1S/C14H9ClN4S/c15-8-1-4-12-11(5-8)18-14(16)19(12)9-2-3-10-13(6-9)20-7-17-10/h1-7H,(H2,16,18). The minimum absolute atomic E-state index is 0.450. The summed E-state index contributed by atoms with van der Waals surface area (Å²) in [6.45, 7) is 0. The Balaban J connectivity index is 2.03. The van der Waals surface area contributed by atoms with Crippen LogP contribution >= 0.6 is 22.9 Å². The van der Waals surface area contributed by atoms with E-state index in [-0.39, 0.29) is 0 Å². The van der Waals surface area contributed by atoms with Crippen LogP contribution in [0, 0.1) is 0 Å². The van der Waals surface area contributed by atoms with Gasteiger partial charge in [0.2, 0.25) is 5.95 Å². The van der Waals surface area contributed by atoms with Gasteiger partial charge in [-0.15, -0.1) is 11.3 Å². The van der Waals surface area contributed by atoms with Gasteiger partial charge in [-0.05, 0) is 36.4 Å². The van der Waals surface area contributed by atoms with E-state index in [2.05, 4.69) is 16.0 Å². The third kappa shape index (κ3) is 1.67. The first-order valence-corrected chi connectivity index (χ1v) is 7.25. The second-order valence-corrected chi connectivity index (χ2v) is 5.77. The van der Waals surface area contributed by atoms with Crippen LogP contribution in [0.2, 0.25) is 5.02 Å². The largest absolute Gasteiger partial charge is 0.369 e. The van der Waals surface area contributed by atoms with Gasteiger partial charge in [-0.25, -0.2) is 9.97 Å². The van der Waals surface area contributed by atoms with Crippen LogP contribution in [0.3, 0.4) is 0 Å². The van der Waals surface area contributed by atoms with Crippen LogP contribution in [0.4, 0.5) is 5.95 Å². The summed E-state index contributed by atoms with van der Waals surface area (Å²) in [7, 11) is 0. The van der Waals surface area contributed by atoms with E-state index < -0.39 is 0 Å². The average Bonchev–Trinajstić information content (AvgIpc) is 3.00. The Kier molecular flexibility index (Phi) is 2.45. The molecule has 2 N–H and O–H groups in total. The summed E-state index contributed by atoms with van der Waals surface area (Å²) in [5.41, 5.74) is 11.6. The first-order valence-electron chi connectivity index (χ1n) is 5.99. The monoisotopic (exact) mass is 300 g/mol. The summed E-state index contributed by atoms with van der Waals surface area (Å²) >= 11 is 7.60. The number of aromatic nitrogens is 3. The smallest absolute Gasteiger partial charge is 0.205 e. The molecule has 20 heavy (non-hydrogen) atoms. The molecule has 0 spiro atoms. The van der Waals surface area contributed by atoms with Gasteiger partial charge in [-0.2, -0.15) is 0 Å². The maximum atomic E-state index is 6.05. The Morgan fingerprint density at radius 1 is 1.10 bits per heavy atom. The fraction of sp³-hybridized carbons (Fsp3) is 0. The predicted octanol–water partition coefficient (Wildman–Crippen LogP) is 3.87. The Labute approximate surface area is 123 Å². The molecule has 0 saturated carbocycles. The number of halogens is 1. The van der Waals surface area contributed by atoms with Crippen molar-refractivity contribution in [3.63, 3.8) is 0 Å². The SMILES string of the molecule is Nc1nc2cc(Cl)ccc2n1-c1ccc2ncsc2c1. The van der Waals surface area contributed by atoms with E-state index in [4.69, 9.17) is 17.3 Å². The normalized spacial score (nSPS) is 11.4. The molecule has 2 aromatic heterocycles. The number of nitrogens with two attached hydrogens (primary N) is 1. The zero-order valence-corrected chi connectivity index (χ0v) is 11.8. The molecule has 6 heteroatoms. The summed E-state index contributed by atoms with van der Waals surface area (Å²) in [6, 6.07) is 11.6. The highest BCUT2D eigenvalue weighted by atomic mass is 35.5. The lowest BCUT2D eigenvalue weighted by Gasteiger charge is -2.06. The van der Waals surface area contributed by atoms with E-state index in [0.717, 1.165) is 26.9 Å². The highest BCUT2D eigenvalue weighted by Gasteiger charge is 2.11. The molecule has 0 fully saturated rings. The van der Waals surface area contributed by atoms with E-state index in [1.807, 2.05) is 40.4 Å². The Morgan fingerprint density at radius 2 is 2.00 bits per heavy atom. The van der Waals surface area contributed by atoms with Gasteiger partial charge in [-0.3, -0.25) is 4.57 Å². The van der Waals surface area contributed by atoms with Crippen molar-refractivity contribution in [3.8, 4) is 5.69 Å². The van der Waals surface area contributed by atoms with Crippen LogP contribution < -0.4 is 5.73 Å². The van der Waals surface area contributed by atoms with Crippen molar-refractivity contribution in [1.82, 2.24) is 14.5 Å². The number of nitrogen functional groups attached to an aromatic ring is 1. The molecule has 2 heterocycles. The van der Waals surface area contributed by atoms with Gasteiger partial charge in [0, 0.05) is 5.02 Å². The minimum Gasteiger partial charge on any atom is -0.369 e. The van der Waals surface area contributed by atoms with Gasteiger partial charge in [0.1, 0.15) is 0 Å². The summed E-state index contributed by atoms with van der Waals surface area (Å²) in [6.07, 6.45) is 0. The van der Waals surface area contributed by atoms with Gasteiger partial charge < -0.3 is 5.73 Å². The van der Waals surface area contributed by atoms with Crippen molar-refractivity contribution in [3.05, 3.63) is 46.9 Å². The molecule has 2 aromatic carbocycles. The van der Waals surface area contributed by atoms with E-state index in [1.54, 1.807) is 11.3 Å². The lowest BCUT2D eigenvalue weighted by atomic mass is 10.2. The van der Waals surface area contributed by atoms with Crippen molar-refractivity contribution >= 4 is 50.1 Å². The summed E-state index contributed by atoms with van der Waals surface area (Å²) in [4.78, 5) is 8.64. The first-order chi connectivity index (χ1) is 9.72. The minimum atomic E-state index is 0.450. The zero-order chi connectivity index (χ0) is 13.7. The molecule has 0 unspecified atom stereocenters. The molecule has 0 aliphatic carbocycles. The molecule has 0 saturated heterocycles. The molecule has 4 rings (SSSR count). The number of fused-ring (bicyclic) bond motifs is 2. The predicted molar refractivity (Wildman–Crippen MR) is 83.7 cm³/mol. The van der Waals surface area contributed by atoms with Crippen LogP contribution in [0.1, 0.15) is 0 Å². The molecule has 0 radical (unpaired) electrons. The van der Waals surface area contributed by atoms with Gasteiger partial charge >= 0.3 is 0 Å². The summed E-state index contributed by atoms with van der Waals surface area (Å²) in [5, 5.41) is 0.653. The quantitative estimate of drug-likeness (QED) is 0.580. The molecule has 4 aromatic rings. The second-order valence-electron chi connectivity index (χ2n) is 4.44. The second kappa shape index (κ2) is 4.19. The Morgan fingerprint density at radius 3 is 2.90 bits per heavy atom. The van der Waals surface area contributed by atoms with Crippen molar-refractivity contribution < 1.29 is 0 Å². The summed E-state index contributed by atoms with van der Waals surface area (Å²) in [5.74, 6) is 0.450. The number of hydrogen-bond acceptors (Lipinski definition) is 4. The van der Waals surface area contributed by atoms with E-state index in [9.17, 15) is 0 Å². The number of benzene rings is 2. The average molecular weight is 301 g/mol. The lowest BCUT2D eigenvalue weighted by Crippen LogP contribution is -2.00. The Bertz CT molecular complexity index is 941. The fourth-order valence-corrected chi connectivity index (χ4v) is 3.20. The molecule has 0 atom stereocenters. The fourth-order valence-electron chi connectivity index (χ4n) is 2.33. The van der Waals surface area contributed by atoms with Crippen molar-refractivity contribution in [2.45, 2.75) is 0 Å². The van der Waals surface area contributed by atoms with Gasteiger partial charge in [0.05, 0.1) is 32.4 Å². The van der Waals surface area contributed by atoms with E-state index >= 15 is 0 Å². The molecule has 0 bridgehead atoms. The third-order valence-electron chi connectivity index (χ3n) is 3.22. The molecule has 98 valence electrons. The third-order valence-corrected chi connectivity index (χ3v) is 4.24. The number of thiazole rings is 1. The van der Waals surface area contributed by atoms with Crippen molar-refractivity contribution in [2.24, 2.45) is 0 Å². The van der Waals surface area contributed by atoms with Gasteiger partial charge in [0.25, 0.3) is 0 Å². The number of rotatable bonds is 1. The van der Waals surface area contributed by atoms with Gasteiger partial charge in [-0.1, -0.05) is 11.6 Å². The number of anilines is 1. The maximum absolute atomic E-state index is 6.05. The van der Waals surface area contributed by atoms with Gasteiger partial charge in [0.15, 0.2) is 0 Å². The Hall–Kier alpha value is -2.11. The molecule has 0 amide bonds. The number of hydrogen-bond donors (Lipinski definition) is 1.